The smallest absolute Gasteiger partial charge is 0.283 e. The van der Waals surface area contributed by atoms with E-state index in [2.05, 4.69) is 102 Å². The van der Waals surface area contributed by atoms with Gasteiger partial charge < -0.3 is 12.4 Å². The van der Waals surface area contributed by atoms with Crippen LogP contribution in [-0.4, -0.2) is 23.5 Å². The summed E-state index contributed by atoms with van der Waals surface area (Å²) in [6.07, 6.45) is 0. The maximum atomic E-state index is 3.79. The average Bonchev–Trinajstić information content (AvgIpc) is 3.15. The zero-order valence-corrected chi connectivity index (χ0v) is 20.8. The number of benzene rings is 2. The van der Waals surface area contributed by atoms with Gasteiger partial charge in [-0.25, -0.2) is 4.58 Å². The van der Waals surface area contributed by atoms with E-state index in [1.807, 2.05) is 0 Å². The minimum atomic E-state index is 0. The zero-order chi connectivity index (χ0) is 21.3. The van der Waals surface area contributed by atoms with Crippen LogP contribution in [0.3, 0.4) is 0 Å². The molecule has 3 heteroatoms. The standard InChI is InChI=1S/C27H38N2.ClH/c1-17(2)21-11-9-12-22(18(3)4)25(21)27-28-15-16-29(27)26-23(19(5)6)13-10-14-24(26)20(7)8;/h9-14,17-20H,15-16H2,1-8H3;1H. The van der Waals surface area contributed by atoms with Crippen molar-refractivity contribution in [3.8, 4) is 0 Å². The number of para-hydroxylation sites is 1. The van der Waals surface area contributed by atoms with Gasteiger partial charge in [-0.1, -0.05) is 91.8 Å². The second-order valence-electron chi connectivity index (χ2n) is 9.64. The SMILES string of the molecule is CC(C)c1cccc(C(C)C)c1C1=[N+](c2c(C(C)C)cccc2C(C)C)CCN1.[Cl-]. The van der Waals surface area contributed by atoms with Gasteiger partial charge >= 0.3 is 0 Å². The minimum Gasteiger partial charge on any atom is -1.00 e. The van der Waals surface area contributed by atoms with Gasteiger partial charge in [-0.05, 0) is 34.8 Å². The Bertz CT molecular complexity index is 781. The maximum Gasteiger partial charge on any atom is 0.283 e. The molecule has 30 heavy (non-hydrogen) atoms. The molecule has 3 rings (SSSR count). The Morgan fingerprint density at radius 2 is 1.07 bits per heavy atom. The van der Waals surface area contributed by atoms with Crippen molar-refractivity contribution >= 4 is 11.5 Å². The van der Waals surface area contributed by atoms with Gasteiger partial charge in [0.2, 0.25) is 0 Å². The van der Waals surface area contributed by atoms with Crippen LogP contribution in [0.25, 0.3) is 0 Å². The van der Waals surface area contributed by atoms with Crippen LogP contribution in [0.2, 0.25) is 0 Å². The maximum absolute atomic E-state index is 3.79. The number of nitrogens with zero attached hydrogens (tertiary/aromatic N) is 1. The molecule has 0 spiro atoms. The van der Waals surface area contributed by atoms with Gasteiger partial charge in [-0.2, -0.15) is 0 Å². The molecule has 2 aromatic carbocycles. The van der Waals surface area contributed by atoms with Gasteiger partial charge in [-0.3, -0.25) is 5.32 Å². The van der Waals surface area contributed by atoms with Gasteiger partial charge in [0.25, 0.3) is 5.84 Å². The summed E-state index contributed by atoms with van der Waals surface area (Å²) in [7, 11) is 0. The molecule has 0 saturated heterocycles. The van der Waals surface area contributed by atoms with Crippen molar-refractivity contribution in [1.82, 2.24) is 5.32 Å². The topological polar surface area (TPSA) is 15.0 Å². The molecule has 0 saturated carbocycles. The van der Waals surface area contributed by atoms with Gasteiger partial charge in [0.15, 0.2) is 0 Å². The second-order valence-corrected chi connectivity index (χ2v) is 9.64. The van der Waals surface area contributed by atoms with E-state index in [0.29, 0.717) is 23.7 Å². The average molecular weight is 427 g/mol. The van der Waals surface area contributed by atoms with E-state index >= 15 is 0 Å². The molecule has 0 bridgehead atoms. The second kappa shape index (κ2) is 10.0. The summed E-state index contributed by atoms with van der Waals surface area (Å²) in [5.74, 6) is 3.27. The lowest BCUT2D eigenvalue weighted by atomic mass is 9.87. The summed E-state index contributed by atoms with van der Waals surface area (Å²) in [5, 5.41) is 3.79. The Balaban J connectivity index is 0.00000320. The summed E-state index contributed by atoms with van der Waals surface area (Å²) < 4.78 is 2.58. The Kier molecular flexibility index (Phi) is 8.16. The van der Waals surface area contributed by atoms with Crippen molar-refractivity contribution in [1.29, 1.82) is 0 Å². The van der Waals surface area contributed by atoms with Crippen LogP contribution in [-0.2, 0) is 0 Å². The number of halogens is 1. The van der Waals surface area contributed by atoms with E-state index < -0.39 is 0 Å². The highest BCUT2D eigenvalue weighted by molar-refractivity contribution is 5.99. The molecule has 0 amide bonds. The highest BCUT2D eigenvalue weighted by Crippen LogP contribution is 2.37. The molecule has 1 aliphatic rings. The van der Waals surface area contributed by atoms with Crippen molar-refractivity contribution in [2.45, 2.75) is 79.1 Å². The molecule has 0 fully saturated rings. The van der Waals surface area contributed by atoms with E-state index in [9.17, 15) is 0 Å². The molecule has 2 nitrogen and oxygen atoms in total. The summed E-state index contributed by atoms with van der Waals surface area (Å²) in [6.45, 7) is 20.5. The number of rotatable bonds is 6. The molecule has 1 heterocycles. The first-order chi connectivity index (χ1) is 13.7. The molecule has 164 valence electrons. The van der Waals surface area contributed by atoms with Gasteiger partial charge in [0, 0.05) is 11.1 Å². The third kappa shape index (κ3) is 4.59. The third-order valence-corrected chi connectivity index (χ3v) is 6.12. The van der Waals surface area contributed by atoms with Crippen molar-refractivity contribution in [2.24, 2.45) is 0 Å². The first kappa shape index (κ1) is 24.5. The van der Waals surface area contributed by atoms with Crippen molar-refractivity contribution in [2.75, 3.05) is 13.1 Å². The minimum absolute atomic E-state index is 0. The van der Waals surface area contributed by atoms with Crippen LogP contribution in [0.15, 0.2) is 36.4 Å². The Labute approximate surface area is 190 Å². The number of amidine groups is 1. The fraction of sp³-hybridized carbons (Fsp3) is 0.519. The molecule has 1 N–H and O–H groups in total. The summed E-state index contributed by atoms with van der Waals surface area (Å²) >= 11 is 0. The van der Waals surface area contributed by atoms with E-state index in [1.165, 1.54) is 39.3 Å². The Morgan fingerprint density at radius 1 is 0.667 bits per heavy atom. The molecule has 0 aliphatic carbocycles. The lowest BCUT2D eigenvalue weighted by molar-refractivity contribution is -0.429. The summed E-state index contributed by atoms with van der Waals surface area (Å²) in [6, 6.07) is 13.7. The van der Waals surface area contributed by atoms with Crippen LogP contribution >= 0.6 is 0 Å². The molecular formula is C27H39ClN2. The molecule has 0 radical (unpaired) electrons. The lowest BCUT2D eigenvalue weighted by Crippen LogP contribution is -3.00. The zero-order valence-electron chi connectivity index (χ0n) is 20.0. The molecular weight excluding hydrogens is 388 g/mol. The van der Waals surface area contributed by atoms with Crippen LogP contribution in [0.5, 0.6) is 0 Å². The molecule has 0 aromatic heterocycles. The Morgan fingerprint density at radius 3 is 1.47 bits per heavy atom. The number of hydrogen-bond donors (Lipinski definition) is 1. The predicted molar refractivity (Wildman–Crippen MR) is 126 cm³/mol. The van der Waals surface area contributed by atoms with E-state index in [4.69, 9.17) is 0 Å². The quantitative estimate of drug-likeness (QED) is 0.692. The normalized spacial score (nSPS) is 14.1. The fourth-order valence-corrected chi connectivity index (χ4v) is 4.59. The van der Waals surface area contributed by atoms with Crippen molar-refractivity contribution in [3.05, 3.63) is 64.2 Å². The van der Waals surface area contributed by atoms with Crippen LogP contribution < -0.4 is 17.7 Å². The van der Waals surface area contributed by atoms with Crippen molar-refractivity contribution in [3.63, 3.8) is 0 Å². The Hall–Kier alpha value is -1.80. The number of nitrogens with one attached hydrogen (secondary N) is 1. The van der Waals surface area contributed by atoms with Gasteiger partial charge in [-0.15, -0.1) is 0 Å². The predicted octanol–water partition coefficient (Wildman–Crippen LogP) is 3.88. The molecule has 2 aromatic rings. The lowest BCUT2D eigenvalue weighted by Gasteiger charge is -2.21. The molecule has 0 atom stereocenters. The van der Waals surface area contributed by atoms with E-state index in [0.717, 1.165) is 13.1 Å². The molecule has 1 aliphatic heterocycles. The van der Waals surface area contributed by atoms with Crippen LogP contribution in [0.4, 0.5) is 5.69 Å². The highest BCUT2D eigenvalue weighted by Gasteiger charge is 2.32. The third-order valence-electron chi connectivity index (χ3n) is 6.12. The summed E-state index contributed by atoms with van der Waals surface area (Å²) in [5.41, 5.74) is 8.63. The van der Waals surface area contributed by atoms with Gasteiger partial charge in [0.1, 0.15) is 18.8 Å². The summed E-state index contributed by atoms with van der Waals surface area (Å²) in [4.78, 5) is 0. The van der Waals surface area contributed by atoms with E-state index in [1.54, 1.807) is 0 Å². The largest absolute Gasteiger partial charge is 1.00 e. The van der Waals surface area contributed by atoms with Gasteiger partial charge in [0.05, 0.1) is 5.56 Å². The first-order valence-electron chi connectivity index (χ1n) is 11.4. The molecule has 0 unspecified atom stereocenters. The monoisotopic (exact) mass is 426 g/mol. The van der Waals surface area contributed by atoms with Crippen molar-refractivity contribution < 1.29 is 17.0 Å². The highest BCUT2D eigenvalue weighted by atomic mass is 35.5. The number of hydrogen-bond acceptors (Lipinski definition) is 1. The first-order valence-corrected chi connectivity index (χ1v) is 11.4. The fourth-order valence-electron chi connectivity index (χ4n) is 4.59. The van der Waals surface area contributed by atoms with Crippen LogP contribution in [0.1, 0.15) is 107 Å². The van der Waals surface area contributed by atoms with E-state index in [-0.39, 0.29) is 12.4 Å². The van der Waals surface area contributed by atoms with Crippen LogP contribution in [0, 0.1) is 0 Å².